The number of carbonyl (C=O) groups is 4. The van der Waals surface area contributed by atoms with E-state index >= 15 is 0 Å². The number of pyridine rings is 1. The van der Waals surface area contributed by atoms with Crippen LogP contribution in [0.5, 0.6) is 0 Å². The molecule has 0 radical (unpaired) electrons. The van der Waals surface area contributed by atoms with Crippen molar-refractivity contribution in [3.8, 4) is 11.1 Å². The summed E-state index contributed by atoms with van der Waals surface area (Å²) in [5.74, 6) is 4.29. The molecule has 1 unspecified atom stereocenters. The average molecular weight is 596 g/mol. The fourth-order valence-corrected chi connectivity index (χ4v) is 5.81. The van der Waals surface area contributed by atoms with E-state index in [9.17, 15) is 24.3 Å². The van der Waals surface area contributed by atoms with Crippen molar-refractivity contribution in [1.29, 1.82) is 0 Å². The van der Waals surface area contributed by atoms with Gasteiger partial charge in [0.05, 0.1) is 5.25 Å². The van der Waals surface area contributed by atoms with E-state index < -0.39 is 23.2 Å². The number of hydrazine groups is 1. The third-order valence-electron chi connectivity index (χ3n) is 6.30. The summed E-state index contributed by atoms with van der Waals surface area (Å²) in [6.07, 6.45) is 6.33. The van der Waals surface area contributed by atoms with Crippen molar-refractivity contribution in [1.82, 2.24) is 15.3 Å². The molecule has 2 heterocycles. The monoisotopic (exact) mass is 595 g/mol. The maximum atomic E-state index is 13.2. The van der Waals surface area contributed by atoms with Gasteiger partial charge >= 0.3 is 5.97 Å². The highest BCUT2D eigenvalue weighted by molar-refractivity contribution is 8.16. The van der Waals surface area contributed by atoms with Crippen LogP contribution < -0.4 is 16.9 Å². The van der Waals surface area contributed by atoms with Crippen molar-refractivity contribution in [2.75, 3.05) is 12.8 Å². The summed E-state index contributed by atoms with van der Waals surface area (Å²) in [5, 5.41) is 12.4. The summed E-state index contributed by atoms with van der Waals surface area (Å²) < 4.78 is 0. The lowest BCUT2D eigenvalue weighted by Gasteiger charge is -2.27. The highest BCUT2D eigenvalue weighted by Crippen LogP contribution is 2.29. The van der Waals surface area contributed by atoms with Crippen molar-refractivity contribution in [2.45, 2.75) is 41.5 Å². The zero-order valence-electron chi connectivity index (χ0n) is 22.5. The summed E-state index contributed by atoms with van der Waals surface area (Å²) in [6.45, 7) is 0.575. The van der Waals surface area contributed by atoms with E-state index in [1.54, 1.807) is 55.0 Å². The number of carbonyl (C=O) groups excluding carboxylic acids is 3. The predicted molar refractivity (Wildman–Crippen MR) is 161 cm³/mol. The Bertz CT molecular complexity index is 1330. The van der Waals surface area contributed by atoms with Gasteiger partial charge in [-0.05, 0) is 60.2 Å². The Balaban J connectivity index is 0.000000496. The molecule has 2 amide bonds. The number of carboxylic acid groups (broad SMARTS) is 1. The summed E-state index contributed by atoms with van der Waals surface area (Å²) in [6, 6.07) is 18.5. The fourth-order valence-electron chi connectivity index (χ4n) is 4.09. The number of aliphatic carboxylic acids is 1. The molecule has 41 heavy (non-hydrogen) atoms. The van der Waals surface area contributed by atoms with Crippen LogP contribution in [0.3, 0.4) is 0 Å². The third-order valence-corrected chi connectivity index (χ3v) is 8.39. The van der Waals surface area contributed by atoms with Crippen LogP contribution in [0.15, 0.2) is 84.0 Å². The second-order valence-corrected chi connectivity index (χ2v) is 11.2. The number of carboxylic acids is 1. The van der Waals surface area contributed by atoms with Crippen LogP contribution in [-0.2, 0) is 14.4 Å². The maximum Gasteiger partial charge on any atom is 0.328 e. The zero-order chi connectivity index (χ0) is 29.8. The fraction of sp³-hybridized carbons (Fsp3) is 0.276. The van der Waals surface area contributed by atoms with E-state index in [2.05, 4.69) is 10.3 Å². The highest BCUT2D eigenvalue weighted by atomic mass is 32.2. The van der Waals surface area contributed by atoms with Crippen LogP contribution in [0.1, 0.15) is 29.6 Å². The Morgan fingerprint density at radius 1 is 1.10 bits per heavy atom. The maximum absolute atomic E-state index is 13.2. The van der Waals surface area contributed by atoms with Gasteiger partial charge in [0.1, 0.15) is 6.04 Å². The average Bonchev–Trinajstić information content (AvgIpc) is 3.43. The lowest BCUT2D eigenvalue weighted by atomic mass is 9.98. The molecule has 0 aliphatic carbocycles. The van der Waals surface area contributed by atoms with Gasteiger partial charge in [-0.3, -0.25) is 24.4 Å². The van der Waals surface area contributed by atoms with Gasteiger partial charge in [0.2, 0.25) is 11.0 Å². The van der Waals surface area contributed by atoms with E-state index in [-0.39, 0.29) is 29.0 Å². The number of rotatable bonds is 10. The van der Waals surface area contributed by atoms with Crippen LogP contribution in [0, 0.1) is 0 Å². The normalized spacial score (nSPS) is 15.6. The van der Waals surface area contributed by atoms with Crippen molar-refractivity contribution >= 4 is 46.4 Å². The minimum absolute atomic E-state index is 0.127. The number of thioether (sulfide) groups is 2. The molecule has 10 nitrogen and oxygen atoms in total. The molecule has 3 atom stereocenters. The van der Waals surface area contributed by atoms with Gasteiger partial charge in [-0.1, -0.05) is 48.5 Å². The standard InChI is InChI=1S/C24H23N3O4S2.C5H10N2O/c1-32-21(24(31)33-17-10-7-13-26-15-17)14-20(23(29)30)27(25)22(28)19-12-6-5-11-18(19)16-8-3-2-4-9-16;6-3-4-1-2-5(8)7-4/h2-13,15,20-21H,14,25H2,1H3,(H,29,30);4H,1-3,6H2,(H,7,8)/t20-,21?;4-/m00/s1. The molecule has 1 saturated heterocycles. The number of hydrogen-bond donors (Lipinski definition) is 4. The molecule has 0 bridgehead atoms. The van der Waals surface area contributed by atoms with E-state index in [1.807, 2.05) is 30.3 Å². The van der Waals surface area contributed by atoms with Crippen molar-refractivity contribution < 1.29 is 24.3 Å². The highest BCUT2D eigenvalue weighted by Gasteiger charge is 2.34. The quantitative estimate of drug-likeness (QED) is 0.118. The van der Waals surface area contributed by atoms with Gasteiger partial charge < -0.3 is 16.2 Å². The van der Waals surface area contributed by atoms with Gasteiger partial charge in [0.25, 0.3) is 5.91 Å². The lowest BCUT2D eigenvalue weighted by Crippen LogP contribution is -2.51. The van der Waals surface area contributed by atoms with Gasteiger partial charge in [0.15, 0.2) is 0 Å². The first-order chi connectivity index (χ1) is 19.7. The Labute approximate surface area is 247 Å². The Morgan fingerprint density at radius 2 is 1.80 bits per heavy atom. The Hall–Kier alpha value is -3.71. The third kappa shape index (κ3) is 9.15. The molecule has 2 aromatic carbocycles. The summed E-state index contributed by atoms with van der Waals surface area (Å²) in [7, 11) is 0. The van der Waals surface area contributed by atoms with Crippen LogP contribution in [0.4, 0.5) is 0 Å². The SMILES string of the molecule is CSC(C[C@@H](C(=O)O)N(N)C(=O)c1ccccc1-c1ccccc1)C(=O)Sc1cccnc1.NC[C@@H]1CCC(=O)N1. The molecular formula is C29H33N5O5S2. The second kappa shape index (κ2) is 15.9. The molecule has 6 N–H and O–H groups in total. The summed E-state index contributed by atoms with van der Waals surface area (Å²) in [5.41, 5.74) is 7.03. The van der Waals surface area contributed by atoms with Crippen molar-refractivity contribution in [2.24, 2.45) is 11.6 Å². The predicted octanol–water partition coefficient (Wildman–Crippen LogP) is 3.18. The minimum atomic E-state index is -1.38. The second-order valence-electron chi connectivity index (χ2n) is 9.09. The number of benzene rings is 2. The minimum Gasteiger partial charge on any atom is -0.480 e. The van der Waals surface area contributed by atoms with Crippen LogP contribution in [0.25, 0.3) is 11.1 Å². The van der Waals surface area contributed by atoms with E-state index in [0.29, 0.717) is 23.4 Å². The number of aromatic nitrogens is 1. The Morgan fingerprint density at radius 3 is 2.37 bits per heavy atom. The molecule has 0 saturated carbocycles. The first kappa shape index (κ1) is 31.8. The van der Waals surface area contributed by atoms with E-state index in [1.165, 1.54) is 11.8 Å². The number of nitrogens with one attached hydrogen (secondary N) is 1. The zero-order valence-corrected chi connectivity index (χ0v) is 24.1. The topological polar surface area (TPSA) is 169 Å². The molecule has 1 fully saturated rings. The van der Waals surface area contributed by atoms with Gasteiger partial charge in [-0.2, -0.15) is 11.8 Å². The molecule has 1 aliphatic rings. The molecule has 216 valence electrons. The first-order valence-electron chi connectivity index (χ1n) is 12.8. The van der Waals surface area contributed by atoms with Gasteiger partial charge in [0, 0.05) is 41.9 Å². The molecule has 1 aliphatic heterocycles. The number of amides is 2. The number of hydrogen-bond acceptors (Lipinski definition) is 9. The molecule has 4 rings (SSSR count). The Kier molecular flexibility index (Phi) is 12.3. The van der Waals surface area contributed by atoms with Crippen LogP contribution in [0.2, 0.25) is 0 Å². The van der Waals surface area contributed by atoms with Crippen LogP contribution >= 0.6 is 23.5 Å². The van der Waals surface area contributed by atoms with Crippen LogP contribution in [-0.4, -0.2) is 68.1 Å². The summed E-state index contributed by atoms with van der Waals surface area (Å²) >= 11 is 2.21. The van der Waals surface area contributed by atoms with Gasteiger partial charge in [-0.25, -0.2) is 10.6 Å². The number of nitrogens with zero attached hydrogens (tertiary/aromatic N) is 2. The van der Waals surface area contributed by atoms with E-state index in [0.717, 1.165) is 28.8 Å². The molecular weight excluding hydrogens is 562 g/mol. The molecule has 0 spiro atoms. The van der Waals surface area contributed by atoms with Crippen molar-refractivity contribution in [3.63, 3.8) is 0 Å². The number of nitrogens with two attached hydrogens (primary N) is 2. The molecule has 12 heteroatoms. The largest absolute Gasteiger partial charge is 0.480 e. The smallest absolute Gasteiger partial charge is 0.328 e. The van der Waals surface area contributed by atoms with E-state index in [4.69, 9.17) is 11.6 Å². The first-order valence-corrected chi connectivity index (χ1v) is 14.9. The van der Waals surface area contributed by atoms with Gasteiger partial charge in [-0.15, -0.1) is 0 Å². The molecule has 1 aromatic heterocycles. The van der Waals surface area contributed by atoms with Crippen molar-refractivity contribution in [3.05, 3.63) is 84.7 Å². The lowest BCUT2D eigenvalue weighted by molar-refractivity contribution is -0.142. The summed E-state index contributed by atoms with van der Waals surface area (Å²) in [4.78, 5) is 53.2. The molecule has 3 aromatic rings.